The van der Waals surface area contributed by atoms with Gasteiger partial charge in [-0.3, -0.25) is 14.4 Å². The van der Waals surface area contributed by atoms with Crippen LogP contribution in [0.15, 0.2) is 42.2 Å². The smallest absolute Gasteiger partial charge is 0.317 e. The fourth-order valence-electron chi connectivity index (χ4n) is 2.70. The Morgan fingerprint density at radius 3 is 1.98 bits per heavy atom. The number of carboxylic acids is 1. The van der Waals surface area contributed by atoms with Gasteiger partial charge in [0.1, 0.15) is 17.6 Å². The third-order valence-corrected chi connectivity index (χ3v) is 4.21. The van der Waals surface area contributed by atoms with E-state index in [1.165, 1.54) is 20.4 Å². The molecule has 246 valence electrons. The largest absolute Gasteiger partial charge is 0.496 e. The molecule has 0 saturated heterocycles. The molecule has 0 aliphatic rings. The van der Waals surface area contributed by atoms with Gasteiger partial charge in [0.15, 0.2) is 6.33 Å². The fourth-order valence-corrected chi connectivity index (χ4v) is 2.70. The van der Waals surface area contributed by atoms with Crippen molar-refractivity contribution in [3.8, 4) is 17.2 Å². The van der Waals surface area contributed by atoms with Crippen molar-refractivity contribution in [3.63, 3.8) is 0 Å². The summed E-state index contributed by atoms with van der Waals surface area (Å²) in [6.07, 6.45) is 2.14. The Labute approximate surface area is 257 Å². The Hall–Kier alpha value is -4.06. The highest BCUT2D eigenvalue weighted by Gasteiger charge is 2.18. The number of likely N-dealkylation sites (N-methyl/N-ethyl adjacent to an activating group) is 1. The second kappa shape index (κ2) is 28.1. The van der Waals surface area contributed by atoms with Crippen LogP contribution in [0.4, 0.5) is 0 Å². The molecular formula is C31H54N4O8. The number of aliphatic carboxylic acids is 1. The maximum Gasteiger partial charge on any atom is 0.317 e. The van der Waals surface area contributed by atoms with E-state index in [-0.39, 0.29) is 36.4 Å². The summed E-state index contributed by atoms with van der Waals surface area (Å²) in [5, 5.41) is 16.6. The van der Waals surface area contributed by atoms with E-state index in [0.29, 0.717) is 22.8 Å². The molecule has 1 unspecified atom stereocenters. The Bertz CT molecular complexity index is 1000. The van der Waals surface area contributed by atoms with Gasteiger partial charge >= 0.3 is 11.9 Å². The summed E-state index contributed by atoms with van der Waals surface area (Å²) in [4.78, 5) is 46.9. The Morgan fingerprint density at radius 1 is 1.12 bits per heavy atom. The summed E-state index contributed by atoms with van der Waals surface area (Å²) in [5.74, 6) is -0.326. The second-order valence-electron chi connectivity index (χ2n) is 9.05. The first-order chi connectivity index (χ1) is 20.2. The molecule has 43 heavy (non-hydrogen) atoms. The lowest BCUT2D eigenvalue weighted by Gasteiger charge is -2.17. The minimum absolute atomic E-state index is 0.0306. The molecule has 2 rings (SSSR count). The molecule has 0 spiro atoms. The zero-order chi connectivity index (χ0) is 34.6. The first-order valence-corrected chi connectivity index (χ1v) is 14.0. The highest BCUT2D eigenvalue weighted by Crippen LogP contribution is 2.25. The SMILES string of the molecule is C=C.CC.CC.CC(=O)OC(C)(C)C.CNCC(=O)O.COc1ccc(-c2ncno2)cc1CC(=O)NC(C=O)C(C)C. The molecule has 2 aromatic rings. The van der Waals surface area contributed by atoms with E-state index >= 15 is 0 Å². The molecule has 12 heteroatoms. The highest BCUT2D eigenvalue weighted by atomic mass is 16.6. The third kappa shape index (κ3) is 25.4. The standard InChI is InChI=1S/C16H19N3O4.C6H12O2.C3H7NO2.2C2H6.C2H4/c1-10(2)13(8-20)19-15(21)7-12-6-11(4-5-14(12)22-3)16-17-9-18-23-16;1-5(7)8-6(2,3)4;1-4-2-3(5)6;3*1-2/h4-6,8-10,13H,7H2,1-3H3,(H,19,21);1-4H3;4H,2H2,1H3,(H,5,6);2*1-2H3;1-2H2. The van der Waals surface area contributed by atoms with Crippen molar-refractivity contribution >= 4 is 24.1 Å². The van der Waals surface area contributed by atoms with Crippen molar-refractivity contribution in [2.24, 2.45) is 5.92 Å². The zero-order valence-corrected chi connectivity index (χ0v) is 28.1. The number of ether oxygens (including phenoxy) is 2. The molecule has 1 aromatic carbocycles. The number of aromatic nitrogens is 2. The molecule has 0 aliphatic heterocycles. The van der Waals surface area contributed by atoms with Crippen LogP contribution in [0.2, 0.25) is 0 Å². The van der Waals surface area contributed by atoms with Crippen molar-refractivity contribution in [1.29, 1.82) is 0 Å². The van der Waals surface area contributed by atoms with Crippen molar-refractivity contribution in [3.05, 3.63) is 43.2 Å². The maximum absolute atomic E-state index is 12.2. The number of nitrogens with zero attached hydrogens (tertiary/aromatic N) is 2. The average molecular weight is 611 g/mol. The van der Waals surface area contributed by atoms with Crippen LogP contribution in [0.5, 0.6) is 5.75 Å². The normalized spacial score (nSPS) is 9.98. The van der Waals surface area contributed by atoms with Crippen molar-refractivity contribution < 1.29 is 38.3 Å². The first kappa shape index (κ1) is 45.9. The van der Waals surface area contributed by atoms with Crippen LogP contribution in [-0.2, 0) is 30.3 Å². The Kier molecular flexibility index (Phi) is 30.0. The number of aldehydes is 1. The molecule has 0 radical (unpaired) electrons. The summed E-state index contributed by atoms with van der Waals surface area (Å²) in [6.45, 7) is 24.7. The van der Waals surface area contributed by atoms with Crippen LogP contribution >= 0.6 is 0 Å². The monoisotopic (exact) mass is 610 g/mol. The number of benzene rings is 1. The van der Waals surface area contributed by atoms with Crippen molar-refractivity contribution in [1.82, 2.24) is 20.8 Å². The van der Waals surface area contributed by atoms with Crippen LogP contribution in [0.1, 0.15) is 74.8 Å². The van der Waals surface area contributed by atoms with Gasteiger partial charge in [-0.2, -0.15) is 4.98 Å². The maximum atomic E-state index is 12.2. The fraction of sp³-hybridized carbons (Fsp3) is 0.548. The predicted molar refractivity (Wildman–Crippen MR) is 170 cm³/mol. The molecule has 3 N–H and O–H groups in total. The summed E-state index contributed by atoms with van der Waals surface area (Å²) in [5.41, 5.74) is 1.04. The molecular weight excluding hydrogens is 556 g/mol. The number of methoxy groups -OCH3 is 1. The van der Waals surface area contributed by atoms with Crippen LogP contribution in [0, 0.1) is 5.92 Å². The lowest BCUT2D eigenvalue weighted by Crippen LogP contribution is -2.40. The number of carbonyl (C=O) groups is 4. The number of carbonyl (C=O) groups excluding carboxylic acids is 3. The lowest BCUT2D eigenvalue weighted by atomic mass is 10.0. The molecule has 0 saturated carbocycles. The number of hydrogen-bond donors (Lipinski definition) is 3. The molecule has 0 aliphatic carbocycles. The van der Waals surface area contributed by atoms with Gasteiger partial charge in [0.2, 0.25) is 5.91 Å². The third-order valence-electron chi connectivity index (χ3n) is 4.21. The minimum atomic E-state index is -0.822. The molecule has 0 bridgehead atoms. The van der Waals surface area contributed by atoms with E-state index in [1.807, 2.05) is 62.3 Å². The topological polar surface area (TPSA) is 170 Å². The van der Waals surface area contributed by atoms with E-state index < -0.39 is 12.0 Å². The van der Waals surface area contributed by atoms with E-state index in [1.54, 1.807) is 25.2 Å². The molecule has 1 heterocycles. The summed E-state index contributed by atoms with van der Waals surface area (Å²) in [7, 11) is 3.12. The van der Waals surface area contributed by atoms with Gasteiger partial charge in [-0.05, 0) is 51.9 Å². The molecule has 12 nitrogen and oxygen atoms in total. The van der Waals surface area contributed by atoms with Crippen LogP contribution in [0.25, 0.3) is 11.5 Å². The van der Waals surface area contributed by atoms with Crippen molar-refractivity contribution in [2.75, 3.05) is 20.7 Å². The zero-order valence-electron chi connectivity index (χ0n) is 28.1. The number of amides is 1. The number of hydrogen-bond acceptors (Lipinski definition) is 10. The average Bonchev–Trinajstić information content (AvgIpc) is 3.49. The van der Waals surface area contributed by atoms with Crippen LogP contribution in [-0.4, -0.2) is 71.7 Å². The van der Waals surface area contributed by atoms with E-state index in [4.69, 9.17) is 19.1 Å². The summed E-state index contributed by atoms with van der Waals surface area (Å²) < 4.78 is 15.1. The number of nitrogens with one attached hydrogen (secondary N) is 2. The van der Waals surface area contributed by atoms with Crippen LogP contribution in [0.3, 0.4) is 0 Å². The predicted octanol–water partition coefficient (Wildman–Crippen LogP) is 5.12. The second-order valence-corrected chi connectivity index (χ2v) is 9.05. The van der Waals surface area contributed by atoms with Gasteiger partial charge in [-0.15, -0.1) is 13.2 Å². The minimum Gasteiger partial charge on any atom is -0.496 e. The van der Waals surface area contributed by atoms with Crippen LogP contribution < -0.4 is 15.4 Å². The number of esters is 1. The van der Waals surface area contributed by atoms with Gasteiger partial charge in [0.25, 0.3) is 5.89 Å². The van der Waals surface area contributed by atoms with Crippen molar-refractivity contribution in [2.45, 2.75) is 87.3 Å². The summed E-state index contributed by atoms with van der Waals surface area (Å²) in [6, 6.07) is 4.77. The molecule has 1 amide bonds. The number of carboxylic acid groups (broad SMARTS) is 1. The quantitative estimate of drug-likeness (QED) is 0.196. The molecule has 1 atom stereocenters. The van der Waals surface area contributed by atoms with Gasteiger partial charge in [0, 0.05) is 18.1 Å². The van der Waals surface area contributed by atoms with E-state index in [2.05, 4.69) is 33.9 Å². The first-order valence-electron chi connectivity index (χ1n) is 14.0. The molecule has 1 aromatic heterocycles. The highest BCUT2D eigenvalue weighted by molar-refractivity contribution is 5.82. The van der Waals surface area contributed by atoms with Gasteiger partial charge in [-0.1, -0.05) is 46.7 Å². The van der Waals surface area contributed by atoms with Gasteiger partial charge in [-0.25, -0.2) is 0 Å². The Morgan fingerprint density at radius 2 is 1.67 bits per heavy atom. The van der Waals surface area contributed by atoms with Gasteiger partial charge < -0.3 is 34.5 Å². The Balaban J connectivity index is -0.000000314. The summed E-state index contributed by atoms with van der Waals surface area (Å²) >= 11 is 0. The van der Waals surface area contributed by atoms with E-state index in [9.17, 15) is 19.2 Å². The van der Waals surface area contributed by atoms with Gasteiger partial charge in [0.05, 0.1) is 26.1 Å². The van der Waals surface area contributed by atoms with E-state index in [0.717, 1.165) is 6.29 Å². The molecule has 0 fully saturated rings. The lowest BCUT2D eigenvalue weighted by molar-refractivity contribution is -0.152. The number of rotatable bonds is 9.